The molecule has 0 saturated carbocycles. The number of halogens is 1. The lowest BCUT2D eigenvalue weighted by atomic mass is 10.1. The third kappa shape index (κ3) is 4.59. The number of carbonyl (C=O) groups is 2. The molecule has 1 aromatic carbocycles. The zero-order valence-electron chi connectivity index (χ0n) is 13.1. The predicted molar refractivity (Wildman–Crippen MR) is 90.2 cm³/mol. The standard InChI is InChI=1S/C16H18BrN3O3/c1-9-4-10(2)15(11(3)5-9)23-8-14(21)19-20-16(22)13-6-12(17)7-18-13/h4-7,18H,8H2,1-3H3,(H,19,21)(H,20,22). The fourth-order valence-corrected chi connectivity index (χ4v) is 2.60. The van der Waals surface area contributed by atoms with E-state index < -0.39 is 11.8 Å². The third-order valence-electron chi connectivity index (χ3n) is 3.16. The number of rotatable bonds is 4. The van der Waals surface area contributed by atoms with Crippen LogP contribution in [0.25, 0.3) is 0 Å². The van der Waals surface area contributed by atoms with Crippen molar-refractivity contribution in [2.24, 2.45) is 0 Å². The molecule has 0 radical (unpaired) electrons. The van der Waals surface area contributed by atoms with E-state index in [1.165, 1.54) is 0 Å². The van der Waals surface area contributed by atoms with Crippen molar-refractivity contribution >= 4 is 27.7 Å². The van der Waals surface area contributed by atoms with Crippen LogP contribution in [0.3, 0.4) is 0 Å². The fraction of sp³-hybridized carbons (Fsp3) is 0.250. The quantitative estimate of drug-likeness (QED) is 0.713. The van der Waals surface area contributed by atoms with Gasteiger partial charge in [-0.05, 0) is 53.9 Å². The maximum absolute atomic E-state index is 11.8. The van der Waals surface area contributed by atoms with E-state index in [0.29, 0.717) is 11.4 Å². The number of hydrazine groups is 1. The number of aryl methyl sites for hydroxylation is 3. The van der Waals surface area contributed by atoms with E-state index in [1.54, 1.807) is 12.3 Å². The van der Waals surface area contributed by atoms with Crippen molar-refractivity contribution in [2.45, 2.75) is 20.8 Å². The molecule has 122 valence electrons. The Bertz CT molecular complexity index is 717. The van der Waals surface area contributed by atoms with Gasteiger partial charge in [0.05, 0.1) is 0 Å². The van der Waals surface area contributed by atoms with Gasteiger partial charge < -0.3 is 9.72 Å². The second-order valence-corrected chi connectivity index (χ2v) is 6.17. The zero-order valence-corrected chi connectivity index (χ0v) is 14.7. The molecule has 2 aromatic rings. The molecule has 0 aliphatic rings. The van der Waals surface area contributed by atoms with Crippen LogP contribution in [0.4, 0.5) is 0 Å². The molecule has 6 nitrogen and oxygen atoms in total. The Hall–Kier alpha value is -2.28. The van der Waals surface area contributed by atoms with Crippen molar-refractivity contribution in [3.8, 4) is 5.75 Å². The molecule has 0 aliphatic heterocycles. The van der Waals surface area contributed by atoms with Crippen molar-refractivity contribution in [1.29, 1.82) is 0 Å². The number of amides is 2. The van der Waals surface area contributed by atoms with Crippen LogP contribution in [0.15, 0.2) is 28.9 Å². The van der Waals surface area contributed by atoms with E-state index in [-0.39, 0.29) is 6.61 Å². The van der Waals surface area contributed by atoms with Gasteiger partial charge in [0.2, 0.25) is 0 Å². The summed E-state index contributed by atoms with van der Waals surface area (Å²) in [6.07, 6.45) is 1.63. The van der Waals surface area contributed by atoms with E-state index in [4.69, 9.17) is 4.74 Å². The minimum Gasteiger partial charge on any atom is -0.483 e. The number of aromatic amines is 1. The molecule has 1 aromatic heterocycles. The SMILES string of the molecule is Cc1cc(C)c(OCC(=O)NNC(=O)c2cc(Br)c[nH]2)c(C)c1. The van der Waals surface area contributed by atoms with E-state index in [1.807, 2.05) is 32.9 Å². The summed E-state index contributed by atoms with van der Waals surface area (Å²) in [5.41, 5.74) is 8.04. The second-order valence-electron chi connectivity index (χ2n) is 5.25. The Morgan fingerprint density at radius 1 is 1.13 bits per heavy atom. The van der Waals surface area contributed by atoms with Gasteiger partial charge in [-0.15, -0.1) is 0 Å². The highest BCUT2D eigenvalue weighted by atomic mass is 79.9. The van der Waals surface area contributed by atoms with Crippen LogP contribution in [0.5, 0.6) is 5.75 Å². The number of H-pyrrole nitrogens is 1. The Kier molecular flexibility index (Phi) is 5.44. The molecule has 0 spiro atoms. The van der Waals surface area contributed by atoms with Crippen LogP contribution >= 0.6 is 15.9 Å². The topological polar surface area (TPSA) is 83.2 Å². The smallest absolute Gasteiger partial charge is 0.286 e. The Balaban J connectivity index is 1.85. The van der Waals surface area contributed by atoms with Gasteiger partial charge in [-0.1, -0.05) is 17.7 Å². The molecule has 0 bridgehead atoms. The summed E-state index contributed by atoms with van der Waals surface area (Å²) in [5, 5.41) is 0. The van der Waals surface area contributed by atoms with Gasteiger partial charge in [0.1, 0.15) is 11.4 Å². The molecule has 3 N–H and O–H groups in total. The van der Waals surface area contributed by atoms with Crippen molar-refractivity contribution in [1.82, 2.24) is 15.8 Å². The molecular formula is C16H18BrN3O3. The first-order valence-corrected chi connectivity index (χ1v) is 7.80. The molecule has 0 fully saturated rings. The fourth-order valence-electron chi connectivity index (χ4n) is 2.26. The lowest BCUT2D eigenvalue weighted by Crippen LogP contribution is -2.44. The zero-order chi connectivity index (χ0) is 17.0. The first kappa shape index (κ1) is 17.1. The summed E-state index contributed by atoms with van der Waals surface area (Å²) in [6.45, 7) is 5.68. The van der Waals surface area contributed by atoms with Crippen LogP contribution in [0, 0.1) is 20.8 Å². The van der Waals surface area contributed by atoms with E-state index >= 15 is 0 Å². The second kappa shape index (κ2) is 7.32. The largest absolute Gasteiger partial charge is 0.483 e. The van der Waals surface area contributed by atoms with Gasteiger partial charge in [-0.3, -0.25) is 20.4 Å². The maximum atomic E-state index is 11.8. The Morgan fingerprint density at radius 3 is 2.35 bits per heavy atom. The predicted octanol–water partition coefficient (Wildman–Crippen LogP) is 2.54. The molecule has 0 aliphatic carbocycles. The molecule has 2 amide bonds. The first-order valence-electron chi connectivity index (χ1n) is 7.00. The van der Waals surface area contributed by atoms with Crippen LogP contribution in [-0.2, 0) is 4.79 Å². The van der Waals surface area contributed by atoms with Gasteiger partial charge in [-0.2, -0.15) is 0 Å². The van der Waals surface area contributed by atoms with Crippen molar-refractivity contribution in [3.05, 3.63) is 51.3 Å². The molecular weight excluding hydrogens is 362 g/mol. The highest BCUT2D eigenvalue weighted by molar-refractivity contribution is 9.10. The monoisotopic (exact) mass is 379 g/mol. The van der Waals surface area contributed by atoms with E-state index in [9.17, 15) is 9.59 Å². The summed E-state index contributed by atoms with van der Waals surface area (Å²) in [5.74, 6) is -0.194. The molecule has 0 atom stereocenters. The number of hydrogen-bond donors (Lipinski definition) is 3. The normalized spacial score (nSPS) is 10.3. The molecule has 0 unspecified atom stereocenters. The average Bonchev–Trinajstić information content (AvgIpc) is 2.90. The molecule has 0 saturated heterocycles. The highest BCUT2D eigenvalue weighted by Gasteiger charge is 2.11. The molecule has 23 heavy (non-hydrogen) atoms. The summed E-state index contributed by atoms with van der Waals surface area (Å²) in [7, 11) is 0. The number of aromatic nitrogens is 1. The minimum absolute atomic E-state index is 0.181. The summed E-state index contributed by atoms with van der Waals surface area (Å²) < 4.78 is 6.30. The van der Waals surface area contributed by atoms with Crippen molar-refractivity contribution in [3.63, 3.8) is 0 Å². The van der Waals surface area contributed by atoms with Gasteiger partial charge in [0.25, 0.3) is 11.8 Å². The van der Waals surface area contributed by atoms with Gasteiger partial charge in [0.15, 0.2) is 6.61 Å². The molecule has 7 heteroatoms. The van der Waals surface area contributed by atoms with Gasteiger partial charge >= 0.3 is 0 Å². The van der Waals surface area contributed by atoms with Crippen LogP contribution in [0.2, 0.25) is 0 Å². The minimum atomic E-state index is -0.441. The molecule has 1 heterocycles. The Labute approximate surface area is 142 Å². The van der Waals surface area contributed by atoms with Crippen molar-refractivity contribution in [2.75, 3.05) is 6.61 Å². The van der Waals surface area contributed by atoms with Gasteiger partial charge in [-0.25, -0.2) is 0 Å². The highest BCUT2D eigenvalue weighted by Crippen LogP contribution is 2.24. The van der Waals surface area contributed by atoms with Crippen molar-refractivity contribution < 1.29 is 14.3 Å². The number of carbonyl (C=O) groups excluding carboxylic acids is 2. The average molecular weight is 380 g/mol. The van der Waals surface area contributed by atoms with Gasteiger partial charge in [0, 0.05) is 10.7 Å². The third-order valence-corrected chi connectivity index (χ3v) is 3.62. The lowest BCUT2D eigenvalue weighted by Gasteiger charge is -2.13. The number of nitrogens with one attached hydrogen (secondary N) is 3. The maximum Gasteiger partial charge on any atom is 0.286 e. The number of benzene rings is 1. The lowest BCUT2D eigenvalue weighted by molar-refractivity contribution is -0.123. The van der Waals surface area contributed by atoms with Crippen LogP contribution in [0.1, 0.15) is 27.2 Å². The first-order chi connectivity index (χ1) is 10.9. The summed E-state index contributed by atoms with van der Waals surface area (Å²) in [6, 6.07) is 5.59. The summed E-state index contributed by atoms with van der Waals surface area (Å²) in [4.78, 5) is 26.3. The molecule has 2 rings (SSSR count). The Morgan fingerprint density at radius 2 is 1.78 bits per heavy atom. The summed E-state index contributed by atoms with van der Waals surface area (Å²) >= 11 is 3.23. The van der Waals surface area contributed by atoms with E-state index in [2.05, 4.69) is 31.8 Å². The number of hydrogen-bond acceptors (Lipinski definition) is 3. The number of ether oxygens (including phenoxy) is 1. The van der Waals surface area contributed by atoms with Crippen LogP contribution in [-0.4, -0.2) is 23.4 Å². The van der Waals surface area contributed by atoms with Crippen LogP contribution < -0.4 is 15.6 Å². The van der Waals surface area contributed by atoms with E-state index in [0.717, 1.165) is 21.2 Å².